The van der Waals surface area contributed by atoms with Crippen molar-refractivity contribution in [2.75, 3.05) is 26.7 Å². The Morgan fingerprint density at radius 2 is 2.14 bits per heavy atom. The summed E-state index contributed by atoms with van der Waals surface area (Å²) in [6.45, 7) is 2.41. The lowest BCUT2D eigenvalue weighted by Gasteiger charge is -2.32. The van der Waals surface area contributed by atoms with Crippen LogP contribution < -0.4 is 10.5 Å². The Morgan fingerprint density at radius 3 is 2.86 bits per heavy atom. The van der Waals surface area contributed by atoms with Crippen LogP contribution in [0.5, 0.6) is 5.75 Å². The quantitative estimate of drug-likeness (QED) is 0.863. The molecule has 1 atom stereocenters. The molecule has 1 aliphatic rings. The van der Waals surface area contributed by atoms with Gasteiger partial charge in [-0.3, -0.25) is 0 Å². The average Bonchev–Trinajstić information content (AvgIpc) is 2.44. The van der Waals surface area contributed by atoms with Gasteiger partial charge in [-0.2, -0.15) is 0 Å². The van der Waals surface area contributed by atoms with Crippen LogP contribution in [-0.4, -0.2) is 37.7 Å². The Morgan fingerprint density at radius 1 is 1.33 bits per heavy atom. The predicted molar refractivity (Wildman–Crippen MR) is 89.6 cm³/mol. The lowest BCUT2D eigenvalue weighted by atomic mass is 10.0. The first kappa shape index (κ1) is 16.9. The van der Waals surface area contributed by atoms with Gasteiger partial charge >= 0.3 is 0 Å². The van der Waals surface area contributed by atoms with Gasteiger partial charge < -0.3 is 15.4 Å². The van der Waals surface area contributed by atoms with E-state index in [0.717, 1.165) is 24.2 Å². The number of nitrogens with two attached hydrogens (primary N) is 1. The van der Waals surface area contributed by atoms with Crippen molar-refractivity contribution in [2.45, 2.75) is 38.1 Å². The molecule has 0 saturated carbocycles. The fourth-order valence-electron chi connectivity index (χ4n) is 2.92. The Bertz CT molecular complexity index is 468. The third-order valence-corrected chi connectivity index (χ3v) is 4.62. The molecule has 0 bridgehead atoms. The largest absolute Gasteiger partial charge is 0.492 e. The number of piperidine rings is 1. The summed E-state index contributed by atoms with van der Waals surface area (Å²) in [7, 11) is 2.19. The third kappa shape index (κ3) is 4.75. The van der Waals surface area contributed by atoms with Gasteiger partial charge in [-0.1, -0.05) is 29.6 Å². The van der Waals surface area contributed by atoms with Gasteiger partial charge in [0.15, 0.2) is 0 Å². The van der Waals surface area contributed by atoms with Gasteiger partial charge in [0.2, 0.25) is 0 Å². The molecule has 0 aliphatic carbocycles. The van der Waals surface area contributed by atoms with Gasteiger partial charge in [-0.25, -0.2) is 0 Å². The molecule has 0 aromatic heterocycles. The summed E-state index contributed by atoms with van der Waals surface area (Å²) in [6, 6.07) is 4.23. The highest BCUT2D eigenvalue weighted by atomic mass is 35.5. The summed E-state index contributed by atoms with van der Waals surface area (Å²) in [6.07, 6.45) is 5.62. The van der Waals surface area contributed by atoms with Crippen molar-refractivity contribution in [3.63, 3.8) is 0 Å². The summed E-state index contributed by atoms with van der Waals surface area (Å²) >= 11 is 12.3. The molecule has 0 radical (unpaired) electrons. The highest BCUT2D eigenvalue weighted by molar-refractivity contribution is 6.35. The van der Waals surface area contributed by atoms with Crippen molar-refractivity contribution in [1.82, 2.24) is 4.90 Å². The summed E-state index contributed by atoms with van der Waals surface area (Å²) in [5.74, 6) is 0.741. The minimum Gasteiger partial charge on any atom is -0.492 e. The van der Waals surface area contributed by atoms with Gasteiger partial charge in [0.05, 0.1) is 11.6 Å². The van der Waals surface area contributed by atoms with Crippen LogP contribution in [-0.2, 0) is 6.42 Å². The molecule has 1 aromatic rings. The van der Waals surface area contributed by atoms with Gasteiger partial charge in [0, 0.05) is 11.1 Å². The van der Waals surface area contributed by atoms with Crippen LogP contribution in [0, 0.1) is 0 Å². The number of rotatable bonds is 6. The first-order valence-corrected chi connectivity index (χ1v) is 8.38. The van der Waals surface area contributed by atoms with E-state index in [-0.39, 0.29) is 0 Å². The fourth-order valence-corrected chi connectivity index (χ4v) is 3.51. The number of benzene rings is 1. The molecule has 1 heterocycles. The fraction of sp³-hybridized carbons (Fsp3) is 0.625. The molecule has 1 fully saturated rings. The number of hydrogen-bond donors (Lipinski definition) is 1. The minimum absolute atomic E-state index is 0.554. The second-order valence-corrected chi connectivity index (χ2v) is 6.53. The van der Waals surface area contributed by atoms with E-state index in [1.165, 1.54) is 25.8 Å². The van der Waals surface area contributed by atoms with E-state index in [4.69, 9.17) is 33.7 Å². The number of hydrogen-bond acceptors (Lipinski definition) is 3. The van der Waals surface area contributed by atoms with Crippen molar-refractivity contribution >= 4 is 23.2 Å². The lowest BCUT2D eigenvalue weighted by molar-refractivity contribution is 0.153. The minimum atomic E-state index is 0.554. The highest BCUT2D eigenvalue weighted by Crippen LogP contribution is 2.33. The Kier molecular flexibility index (Phi) is 6.62. The standard InChI is InChI=1S/C16H24Cl2N2O/c1-20-8-3-2-4-14(20)6-9-21-16-12(5-7-19)10-13(17)11-15(16)18/h10-11,14H,2-9,19H2,1H3. The molecule has 5 heteroatoms. The monoisotopic (exact) mass is 330 g/mol. The first-order chi connectivity index (χ1) is 10.1. The van der Waals surface area contributed by atoms with Crippen LogP contribution in [0.2, 0.25) is 10.0 Å². The normalized spacial score (nSPS) is 19.7. The van der Waals surface area contributed by atoms with Crippen LogP contribution in [0.4, 0.5) is 0 Å². The van der Waals surface area contributed by atoms with Gasteiger partial charge in [-0.15, -0.1) is 0 Å². The van der Waals surface area contributed by atoms with Crippen LogP contribution >= 0.6 is 23.2 Å². The van der Waals surface area contributed by atoms with E-state index < -0.39 is 0 Å². The number of halogens is 2. The molecule has 118 valence electrons. The molecule has 1 unspecified atom stereocenters. The number of ether oxygens (including phenoxy) is 1. The van der Waals surface area contributed by atoms with Crippen molar-refractivity contribution in [3.8, 4) is 5.75 Å². The maximum atomic E-state index is 6.26. The molecule has 2 rings (SSSR count). The summed E-state index contributed by atoms with van der Waals surface area (Å²) < 4.78 is 5.95. The van der Waals surface area contributed by atoms with E-state index >= 15 is 0 Å². The lowest BCUT2D eigenvalue weighted by Crippen LogP contribution is -2.37. The number of likely N-dealkylation sites (tertiary alicyclic amines) is 1. The van der Waals surface area contributed by atoms with Gasteiger partial charge in [-0.05, 0) is 63.5 Å². The maximum Gasteiger partial charge on any atom is 0.141 e. The SMILES string of the molecule is CN1CCCCC1CCOc1c(Cl)cc(Cl)cc1CCN. The van der Waals surface area contributed by atoms with E-state index in [1.807, 2.05) is 6.07 Å². The van der Waals surface area contributed by atoms with Crippen molar-refractivity contribution in [1.29, 1.82) is 0 Å². The Hall–Kier alpha value is -0.480. The zero-order chi connectivity index (χ0) is 15.2. The zero-order valence-electron chi connectivity index (χ0n) is 12.6. The van der Waals surface area contributed by atoms with Gasteiger partial charge in [0.25, 0.3) is 0 Å². The molecule has 0 amide bonds. The van der Waals surface area contributed by atoms with Crippen molar-refractivity contribution in [3.05, 3.63) is 27.7 Å². The molecule has 1 aromatic carbocycles. The zero-order valence-corrected chi connectivity index (χ0v) is 14.1. The molecule has 1 aliphatic heterocycles. The van der Waals surface area contributed by atoms with E-state index in [0.29, 0.717) is 29.2 Å². The molecule has 3 nitrogen and oxygen atoms in total. The molecule has 1 saturated heterocycles. The topological polar surface area (TPSA) is 38.5 Å². The van der Waals surface area contributed by atoms with Crippen molar-refractivity contribution in [2.24, 2.45) is 5.73 Å². The summed E-state index contributed by atoms with van der Waals surface area (Å²) in [5.41, 5.74) is 6.64. The smallest absolute Gasteiger partial charge is 0.141 e. The Labute approximate surface area is 137 Å². The average molecular weight is 331 g/mol. The highest BCUT2D eigenvalue weighted by Gasteiger charge is 2.19. The maximum absolute atomic E-state index is 6.26. The van der Waals surface area contributed by atoms with E-state index in [1.54, 1.807) is 6.07 Å². The second kappa shape index (κ2) is 8.23. The molecule has 2 N–H and O–H groups in total. The molecular weight excluding hydrogens is 307 g/mol. The third-order valence-electron chi connectivity index (χ3n) is 4.12. The van der Waals surface area contributed by atoms with Crippen LogP contribution in [0.15, 0.2) is 12.1 Å². The van der Waals surface area contributed by atoms with Gasteiger partial charge in [0.1, 0.15) is 5.75 Å². The van der Waals surface area contributed by atoms with Crippen LogP contribution in [0.25, 0.3) is 0 Å². The van der Waals surface area contributed by atoms with Crippen molar-refractivity contribution < 1.29 is 4.74 Å². The molecule has 21 heavy (non-hydrogen) atoms. The summed E-state index contributed by atoms with van der Waals surface area (Å²) in [5, 5.41) is 1.20. The van der Waals surface area contributed by atoms with E-state index in [2.05, 4.69) is 11.9 Å². The van der Waals surface area contributed by atoms with Crippen LogP contribution in [0.1, 0.15) is 31.2 Å². The first-order valence-electron chi connectivity index (χ1n) is 7.63. The Balaban J connectivity index is 1.95. The van der Waals surface area contributed by atoms with E-state index in [9.17, 15) is 0 Å². The van der Waals surface area contributed by atoms with Crippen LogP contribution in [0.3, 0.4) is 0 Å². The summed E-state index contributed by atoms with van der Waals surface area (Å²) in [4.78, 5) is 2.43. The second-order valence-electron chi connectivity index (χ2n) is 5.68. The number of nitrogens with zero attached hydrogens (tertiary/aromatic N) is 1. The molecule has 0 spiro atoms. The molecular formula is C16H24Cl2N2O. The predicted octanol–water partition coefficient (Wildman–Crippen LogP) is 3.75.